The van der Waals surface area contributed by atoms with Crippen LogP contribution in [0, 0.1) is 0 Å². The van der Waals surface area contributed by atoms with Gasteiger partial charge in [0.15, 0.2) is 11.5 Å². The van der Waals surface area contributed by atoms with Crippen LogP contribution in [-0.4, -0.2) is 41.7 Å². The molecular formula is C16H16N2O6. The van der Waals surface area contributed by atoms with Crippen LogP contribution in [0.1, 0.15) is 15.9 Å². The second kappa shape index (κ2) is 7.23. The molecule has 0 aliphatic heterocycles. The quantitative estimate of drug-likeness (QED) is 0.487. The highest BCUT2D eigenvalue weighted by Crippen LogP contribution is 2.36. The van der Waals surface area contributed by atoms with E-state index in [4.69, 9.17) is 9.47 Å². The fourth-order valence-corrected chi connectivity index (χ4v) is 1.94. The molecule has 2 aromatic rings. The fourth-order valence-electron chi connectivity index (χ4n) is 1.94. The Labute approximate surface area is 137 Å². The number of ether oxygens (including phenoxy) is 2. The van der Waals surface area contributed by atoms with Gasteiger partial charge in [-0.3, -0.25) is 4.79 Å². The summed E-state index contributed by atoms with van der Waals surface area (Å²) in [5.74, 6) is -0.846. The summed E-state index contributed by atoms with van der Waals surface area (Å²) in [7, 11) is 2.79. The third kappa shape index (κ3) is 3.86. The number of aromatic hydroxyl groups is 3. The van der Waals surface area contributed by atoms with Gasteiger partial charge in [-0.05, 0) is 24.3 Å². The van der Waals surface area contributed by atoms with Crippen LogP contribution in [0.25, 0.3) is 0 Å². The zero-order valence-corrected chi connectivity index (χ0v) is 13.0. The fraction of sp³-hybridized carbons (Fsp3) is 0.125. The van der Waals surface area contributed by atoms with Crippen molar-refractivity contribution >= 4 is 12.1 Å². The molecule has 4 N–H and O–H groups in total. The summed E-state index contributed by atoms with van der Waals surface area (Å²) in [6.45, 7) is 0. The molecule has 8 nitrogen and oxygen atoms in total. The molecule has 0 atom stereocenters. The van der Waals surface area contributed by atoms with Crippen LogP contribution in [0.3, 0.4) is 0 Å². The highest BCUT2D eigenvalue weighted by molar-refractivity contribution is 5.95. The summed E-state index contributed by atoms with van der Waals surface area (Å²) in [6, 6.07) is 6.50. The zero-order valence-electron chi connectivity index (χ0n) is 13.0. The van der Waals surface area contributed by atoms with Crippen LogP contribution in [0.2, 0.25) is 0 Å². The molecule has 0 fully saturated rings. The molecule has 0 aliphatic carbocycles. The van der Waals surface area contributed by atoms with E-state index in [-0.39, 0.29) is 34.3 Å². The van der Waals surface area contributed by atoms with Crippen molar-refractivity contribution in [3.8, 4) is 28.7 Å². The van der Waals surface area contributed by atoms with E-state index in [1.165, 1.54) is 44.7 Å². The molecule has 0 radical (unpaired) electrons. The number of hydrazone groups is 1. The minimum atomic E-state index is -0.616. The van der Waals surface area contributed by atoms with Gasteiger partial charge in [0.05, 0.1) is 20.4 Å². The molecule has 1 amide bonds. The predicted molar refractivity (Wildman–Crippen MR) is 86.0 cm³/mol. The molecule has 8 heteroatoms. The van der Waals surface area contributed by atoms with E-state index in [2.05, 4.69) is 10.5 Å². The van der Waals surface area contributed by atoms with Crippen LogP contribution < -0.4 is 14.9 Å². The number of carbonyl (C=O) groups excluding carboxylic acids is 1. The van der Waals surface area contributed by atoms with E-state index in [9.17, 15) is 20.1 Å². The average Bonchev–Trinajstić information content (AvgIpc) is 2.55. The Bertz CT molecular complexity index is 743. The van der Waals surface area contributed by atoms with Gasteiger partial charge in [-0.2, -0.15) is 5.10 Å². The third-order valence-electron chi connectivity index (χ3n) is 3.05. The first-order chi connectivity index (χ1) is 11.4. The predicted octanol–water partition coefficient (Wildman–Crippen LogP) is 1.58. The summed E-state index contributed by atoms with van der Waals surface area (Å²) in [5.41, 5.74) is 2.82. The molecule has 24 heavy (non-hydrogen) atoms. The molecule has 0 spiro atoms. The first-order valence-electron chi connectivity index (χ1n) is 6.76. The molecule has 0 bridgehead atoms. The number of nitrogens with zero attached hydrogens (tertiary/aromatic N) is 1. The molecule has 2 rings (SSSR count). The second-order valence-electron chi connectivity index (χ2n) is 4.71. The summed E-state index contributed by atoms with van der Waals surface area (Å²) in [6.07, 6.45) is 1.32. The third-order valence-corrected chi connectivity index (χ3v) is 3.05. The summed E-state index contributed by atoms with van der Waals surface area (Å²) in [5, 5.41) is 32.3. The Kier molecular flexibility index (Phi) is 5.10. The monoisotopic (exact) mass is 332 g/mol. The van der Waals surface area contributed by atoms with E-state index < -0.39 is 5.91 Å². The SMILES string of the molecule is COc1cc(/C=N/NC(=O)c2cc(O)cc(O)c2)cc(OC)c1O. The van der Waals surface area contributed by atoms with Crippen molar-refractivity contribution in [1.82, 2.24) is 5.43 Å². The van der Waals surface area contributed by atoms with Gasteiger partial charge < -0.3 is 24.8 Å². The minimum absolute atomic E-state index is 0.0468. The molecule has 2 aromatic carbocycles. The smallest absolute Gasteiger partial charge is 0.271 e. The molecular weight excluding hydrogens is 316 g/mol. The van der Waals surface area contributed by atoms with Crippen molar-refractivity contribution in [2.75, 3.05) is 14.2 Å². The van der Waals surface area contributed by atoms with Gasteiger partial charge in [-0.15, -0.1) is 0 Å². The molecule has 126 valence electrons. The van der Waals surface area contributed by atoms with Gasteiger partial charge in [-0.1, -0.05) is 0 Å². The Balaban J connectivity index is 2.15. The van der Waals surface area contributed by atoms with E-state index >= 15 is 0 Å². The number of amides is 1. The molecule has 0 heterocycles. The number of phenols is 3. The Hall–Kier alpha value is -3.42. The van der Waals surface area contributed by atoms with E-state index in [1.807, 2.05) is 0 Å². The normalized spacial score (nSPS) is 10.6. The largest absolute Gasteiger partial charge is 0.508 e. The number of hydrogen-bond donors (Lipinski definition) is 4. The maximum Gasteiger partial charge on any atom is 0.271 e. The van der Waals surface area contributed by atoms with Gasteiger partial charge in [0.2, 0.25) is 5.75 Å². The van der Waals surface area contributed by atoms with E-state index in [0.29, 0.717) is 5.56 Å². The van der Waals surface area contributed by atoms with Crippen molar-refractivity contribution in [2.24, 2.45) is 5.10 Å². The van der Waals surface area contributed by atoms with Crippen molar-refractivity contribution in [3.05, 3.63) is 41.5 Å². The highest BCUT2D eigenvalue weighted by Gasteiger charge is 2.11. The standard InChI is InChI=1S/C16H16N2O6/c1-23-13-3-9(4-14(24-2)15(13)21)8-17-18-16(22)10-5-11(19)7-12(20)6-10/h3-8,19-21H,1-2H3,(H,18,22)/b17-8+. The lowest BCUT2D eigenvalue weighted by molar-refractivity contribution is 0.0954. The number of rotatable bonds is 5. The van der Waals surface area contributed by atoms with Gasteiger partial charge in [-0.25, -0.2) is 5.43 Å². The first kappa shape index (κ1) is 16.9. The first-order valence-corrected chi connectivity index (χ1v) is 6.76. The summed E-state index contributed by atoms with van der Waals surface area (Å²) < 4.78 is 10.0. The number of methoxy groups -OCH3 is 2. The topological polar surface area (TPSA) is 121 Å². The number of phenolic OH excluding ortho intramolecular Hbond substituents is 3. The van der Waals surface area contributed by atoms with Crippen molar-refractivity contribution in [3.63, 3.8) is 0 Å². The zero-order chi connectivity index (χ0) is 17.7. The van der Waals surface area contributed by atoms with Gasteiger partial charge in [0.25, 0.3) is 5.91 Å². The lowest BCUT2D eigenvalue weighted by Crippen LogP contribution is -2.17. The van der Waals surface area contributed by atoms with Crippen molar-refractivity contribution in [1.29, 1.82) is 0 Å². The van der Waals surface area contributed by atoms with Crippen LogP contribution in [-0.2, 0) is 0 Å². The number of nitrogens with one attached hydrogen (secondary N) is 1. The molecule has 0 aromatic heterocycles. The lowest BCUT2D eigenvalue weighted by Gasteiger charge is -2.09. The number of hydrogen-bond acceptors (Lipinski definition) is 7. The molecule has 0 unspecified atom stereocenters. The Morgan fingerprint density at radius 2 is 1.54 bits per heavy atom. The minimum Gasteiger partial charge on any atom is -0.508 e. The van der Waals surface area contributed by atoms with Crippen LogP contribution in [0.5, 0.6) is 28.7 Å². The van der Waals surface area contributed by atoms with E-state index in [1.54, 1.807) is 0 Å². The molecule has 0 aliphatic rings. The van der Waals surface area contributed by atoms with Gasteiger partial charge >= 0.3 is 0 Å². The lowest BCUT2D eigenvalue weighted by atomic mass is 10.2. The van der Waals surface area contributed by atoms with Crippen LogP contribution in [0.15, 0.2) is 35.4 Å². The summed E-state index contributed by atoms with van der Waals surface area (Å²) >= 11 is 0. The van der Waals surface area contributed by atoms with Gasteiger partial charge in [0.1, 0.15) is 11.5 Å². The highest BCUT2D eigenvalue weighted by atomic mass is 16.5. The molecule has 0 saturated heterocycles. The number of benzene rings is 2. The maximum atomic E-state index is 11.9. The van der Waals surface area contributed by atoms with Gasteiger partial charge in [0, 0.05) is 17.2 Å². The second-order valence-corrected chi connectivity index (χ2v) is 4.71. The Morgan fingerprint density at radius 3 is 2.04 bits per heavy atom. The van der Waals surface area contributed by atoms with Crippen molar-refractivity contribution < 1.29 is 29.6 Å². The summed E-state index contributed by atoms with van der Waals surface area (Å²) in [4.78, 5) is 11.9. The van der Waals surface area contributed by atoms with Crippen LogP contribution >= 0.6 is 0 Å². The van der Waals surface area contributed by atoms with Crippen molar-refractivity contribution in [2.45, 2.75) is 0 Å². The maximum absolute atomic E-state index is 11.9. The average molecular weight is 332 g/mol. The molecule has 0 saturated carbocycles. The van der Waals surface area contributed by atoms with Crippen LogP contribution in [0.4, 0.5) is 0 Å². The Morgan fingerprint density at radius 1 is 1.00 bits per heavy atom. The van der Waals surface area contributed by atoms with E-state index in [0.717, 1.165) is 6.07 Å². The number of carbonyl (C=O) groups is 1.